The van der Waals surface area contributed by atoms with Gasteiger partial charge >= 0.3 is 0 Å². The van der Waals surface area contributed by atoms with Gasteiger partial charge in [0, 0.05) is 60.1 Å². The number of fused-ring (bicyclic) bond motifs is 2. The van der Waals surface area contributed by atoms with E-state index in [4.69, 9.17) is 9.90 Å². The van der Waals surface area contributed by atoms with Crippen molar-refractivity contribution in [3.05, 3.63) is 60.0 Å². The molecule has 0 bridgehead atoms. The van der Waals surface area contributed by atoms with E-state index in [0.29, 0.717) is 0 Å². The monoisotopic (exact) mass is 429 g/mol. The highest BCUT2D eigenvalue weighted by Gasteiger charge is 2.13. The molecule has 5 heterocycles. The van der Waals surface area contributed by atoms with Crippen LogP contribution in [0.5, 0.6) is 0 Å². The van der Waals surface area contributed by atoms with Crippen molar-refractivity contribution in [1.29, 1.82) is 0 Å². The van der Waals surface area contributed by atoms with Crippen LogP contribution in [0.2, 0.25) is 0 Å². The number of aliphatic imine (C=N–C) groups is 2. The highest BCUT2D eigenvalue weighted by atomic mass is 16.4. The van der Waals surface area contributed by atoms with Gasteiger partial charge in [-0.25, -0.2) is 4.98 Å². The Morgan fingerprint density at radius 2 is 1.69 bits per heavy atom. The second-order valence-electron chi connectivity index (χ2n) is 7.63. The minimum absolute atomic E-state index is 0.813. The molecule has 0 saturated carbocycles. The lowest BCUT2D eigenvalue weighted by molar-refractivity contribution is -0.134. The molecule has 0 spiro atoms. The summed E-state index contributed by atoms with van der Waals surface area (Å²) >= 11 is 0. The number of carbonyl (C=O) groups is 1. The van der Waals surface area contributed by atoms with E-state index in [1.807, 2.05) is 12.3 Å². The Kier molecular flexibility index (Phi) is 5.06. The second-order valence-corrected chi connectivity index (χ2v) is 7.63. The van der Waals surface area contributed by atoms with E-state index in [0.717, 1.165) is 78.5 Å². The molecule has 32 heavy (non-hydrogen) atoms. The molecule has 2 aliphatic rings. The number of benzene rings is 1. The molecular weight excluding hydrogens is 406 g/mol. The first-order valence-corrected chi connectivity index (χ1v) is 10.5. The van der Waals surface area contributed by atoms with Crippen LogP contribution in [0, 0.1) is 0 Å². The van der Waals surface area contributed by atoms with Crippen molar-refractivity contribution >= 4 is 34.2 Å². The Hall–Kier alpha value is -4.14. The predicted octanol–water partition coefficient (Wildman–Crippen LogP) is 2.27. The fourth-order valence-electron chi connectivity index (χ4n) is 3.86. The molecular formula is C23H23N7O2. The molecule has 0 aliphatic carbocycles. The van der Waals surface area contributed by atoms with Crippen LogP contribution in [-0.2, 0) is 4.79 Å². The molecule has 0 radical (unpaired) electrons. The first-order valence-electron chi connectivity index (χ1n) is 10.5. The van der Waals surface area contributed by atoms with Gasteiger partial charge in [0.05, 0.1) is 13.1 Å². The molecule has 162 valence electrons. The number of imidazole rings is 1. The number of aliphatic carboxylic acids is 1. The summed E-state index contributed by atoms with van der Waals surface area (Å²) in [6.07, 6.45) is 4.14. The lowest BCUT2D eigenvalue weighted by atomic mass is 10.1. The smallest absolute Gasteiger partial charge is 0.300 e. The van der Waals surface area contributed by atoms with E-state index in [1.54, 1.807) is 0 Å². The van der Waals surface area contributed by atoms with E-state index in [2.05, 4.69) is 71.5 Å². The van der Waals surface area contributed by atoms with E-state index in [1.165, 1.54) is 5.39 Å². The number of carboxylic acid groups (broad SMARTS) is 1. The Balaban J connectivity index is 0.000000501. The fraction of sp³-hybridized carbons (Fsp3) is 0.217. The third-order valence-corrected chi connectivity index (χ3v) is 5.25. The Morgan fingerprint density at radius 3 is 2.41 bits per heavy atom. The van der Waals surface area contributed by atoms with Gasteiger partial charge in [-0.2, -0.15) is 0 Å². The lowest BCUT2D eigenvalue weighted by Crippen LogP contribution is -2.19. The van der Waals surface area contributed by atoms with Crippen LogP contribution >= 0.6 is 0 Å². The number of nitrogens with zero attached hydrogens (tertiary/aromatic N) is 4. The number of H-pyrrole nitrogens is 1. The Labute approximate surface area is 183 Å². The lowest BCUT2D eigenvalue weighted by Gasteiger charge is -2.02. The summed E-state index contributed by atoms with van der Waals surface area (Å²) in [6.45, 7) is 4.54. The van der Waals surface area contributed by atoms with Gasteiger partial charge in [0.25, 0.3) is 5.97 Å². The van der Waals surface area contributed by atoms with E-state index in [9.17, 15) is 0 Å². The minimum Gasteiger partial charge on any atom is -0.481 e. The highest BCUT2D eigenvalue weighted by Crippen LogP contribution is 2.26. The molecule has 9 heteroatoms. The molecule has 3 aromatic heterocycles. The Morgan fingerprint density at radius 1 is 0.969 bits per heavy atom. The normalized spacial score (nSPS) is 15.0. The van der Waals surface area contributed by atoms with E-state index in [-0.39, 0.29) is 0 Å². The van der Waals surface area contributed by atoms with Crippen molar-refractivity contribution in [2.75, 3.05) is 26.2 Å². The predicted molar refractivity (Wildman–Crippen MR) is 125 cm³/mol. The minimum atomic E-state index is -0.833. The summed E-state index contributed by atoms with van der Waals surface area (Å²) in [5, 5.41) is 15.2. The van der Waals surface area contributed by atoms with Crippen LogP contribution in [0.3, 0.4) is 0 Å². The quantitative estimate of drug-likeness (QED) is 0.398. The number of hydrogen-bond acceptors (Lipinski definition) is 6. The van der Waals surface area contributed by atoms with Crippen molar-refractivity contribution in [2.45, 2.75) is 6.92 Å². The SMILES string of the molecule is CC(=O)O.c1cc2cc(-c3ccc4nc(C5=NCCN5)cn4c3)[nH]c2cc1C1=NCCN1. The van der Waals surface area contributed by atoms with Crippen LogP contribution in [0.4, 0.5) is 0 Å². The van der Waals surface area contributed by atoms with Gasteiger partial charge in [0.15, 0.2) is 0 Å². The average molecular weight is 429 g/mol. The molecule has 0 amide bonds. The molecule has 0 unspecified atom stereocenters. The fourth-order valence-corrected chi connectivity index (χ4v) is 3.86. The van der Waals surface area contributed by atoms with E-state index < -0.39 is 5.97 Å². The Bertz CT molecular complexity index is 1350. The van der Waals surface area contributed by atoms with Crippen molar-refractivity contribution in [3.8, 4) is 11.3 Å². The zero-order valence-corrected chi connectivity index (χ0v) is 17.6. The zero-order chi connectivity index (χ0) is 22.1. The molecule has 0 saturated heterocycles. The van der Waals surface area contributed by atoms with Gasteiger partial charge in [-0.3, -0.25) is 14.8 Å². The van der Waals surface area contributed by atoms with Crippen molar-refractivity contribution < 1.29 is 9.90 Å². The van der Waals surface area contributed by atoms with Crippen molar-refractivity contribution in [2.24, 2.45) is 9.98 Å². The molecule has 9 nitrogen and oxygen atoms in total. The number of aromatic amines is 1. The maximum atomic E-state index is 9.00. The molecule has 0 fully saturated rings. The standard InChI is InChI=1S/C21H19N7.C2H4O2/c1-2-14(20-22-5-6-23-20)10-16-13(1)9-17(26-16)15-3-4-19-27-18(12-28(19)11-15)21-24-7-8-25-21;1-2(3)4/h1-4,9-12,26H,5-8H2,(H,22,23)(H,24,25);1H3,(H,3,4). The van der Waals surface area contributed by atoms with Crippen molar-refractivity contribution in [1.82, 2.24) is 25.0 Å². The molecule has 2 aliphatic heterocycles. The van der Waals surface area contributed by atoms with E-state index >= 15 is 0 Å². The van der Waals surface area contributed by atoms with Crippen LogP contribution in [0.15, 0.2) is 58.8 Å². The summed E-state index contributed by atoms with van der Waals surface area (Å²) in [4.78, 5) is 26.2. The molecule has 6 rings (SSSR count). The number of hydrogen-bond donors (Lipinski definition) is 4. The number of aromatic nitrogens is 3. The van der Waals surface area contributed by atoms with Crippen LogP contribution in [0.25, 0.3) is 27.8 Å². The summed E-state index contributed by atoms with van der Waals surface area (Å²) in [5.74, 6) is 1.03. The first-order chi connectivity index (χ1) is 15.6. The maximum Gasteiger partial charge on any atom is 0.300 e. The number of rotatable bonds is 3. The van der Waals surface area contributed by atoms with Crippen LogP contribution in [0.1, 0.15) is 18.2 Å². The molecule has 4 aromatic rings. The first kappa shape index (κ1) is 19.8. The number of pyridine rings is 1. The van der Waals surface area contributed by atoms with Crippen molar-refractivity contribution in [3.63, 3.8) is 0 Å². The summed E-state index contributed by atoms with van der Waals surface area (Å²) in [5.41, 5.74) is 6.24. The average Bonchev–Trinajstić information content (AvgIpc) is 3.58. The summed E-state index contributed by atoms with van der Waals surface area (Å²) in [7, 11) is 0. The third kappa shape index (κ3) is 3.92. The second kappa shape index (κ2) is 8.18. The van der Waals surface area contributed by atoms with Gasteiger partial charge in [0.1, 0.15) is 23.0 Å². The van der Waals surface area contributed by atoms with Gasteiger partial charge in [0.2, 0.25) is 0 Å². The summed E-state index contributed by atoms with van der Waals surface area (Å²) < 4.78 is 2.06. The summed E-state index contributed by atoms with van der Waals surface area (Å²) in [6, 6.07) is 12.8. The topological polar surface area (TPSA) is 119 Å². The molecule has 1 aromatic carbocycles. The number of carboxylic acids is 1. The molecule has 4 N–H and O–H groups in total. The van der Waals surface area contributed by atoms with Gasteiger partial charge in [-0.1, -0.05) is 12.1 Å². The zero-order valence-electron chi connectivity index (χ0n) is 17.6. The van der Waals surface area contributed by atoms with Gasteiger partial charge in [-0.15, -0.1) is 0 Å². The maximum absolute atomic E-state index is 9.00. The van der Waals surface area contributed by atoms with Gasteiger partial charge < -0.3 is 25.1 Å². The van der Waals surface area contributed by atoms with Gasteiger partial charge in [-0.05, 0) is 24.3 Å². The highest BCUT2D eigenvalue weighted by molar-refractivity contribution is 6.03. The van der Waals surface area contributed by atoms with Crippen LogP contribution in [-0.4, -0.2) is 63.3 Å². The number of nitrogens with one attached hydrogen (secondary N) is 3. The number of amidine groups is 2. The van der Waals surface area contributed by atoms with Crippen LogP contribution < -0.4 is 10.6 Å². The third-order valence-electron chi connectivity index (χ3n) is 5.25. The molecule has 0 atom stereocenters. The largest absolute Gasteiger partial charge is 0.481 e.